The molecule has 2 rings (SSSR count). The van der Waals surface area contributed by atoms with Gasteiger partial charge in [-0.15, -0.1) is 11.8 Å². The maximum atomic E-state index is 13.0. The number of hydrogen-bond donors (Lipinski definition) is 1. The molecule has 156 valence electrons. The van der Waals surface area contributed by atoms with Crippen LogP contribution in [0.25, 0.3) is 0 Å². The van der Waals surface area contributed by atoms with E-state index in [1.165, 1.54) is 0 Å². The summed E-state index contributed by atoms with van der Waals surface area (Å²) in [5.41, 5.74) is 2.17. The normalized spacial score (nSPS) is 11.7. The Morgan fingerprint density at radius 2 is 1.90 bits per heavy atom. The van der Waals surface area contributed by atoms with Gasteiger partial charge in [-0.3, -0.25) is 9.59 Å². The number of amides is 2. The maximum absolute atomic E-state index is 13.0. The zero-order valence-electron chi connectivity index (χ0n) is 17.3. The van der Waals surface area contributed by atoms with Crippen molar-refractivity contribution < 1.29 is 9.59 Å². The predicted octanol–water partition coefficient (Wildman–Crippen LogP) is 5.07. The molecule has 0 aromatic heterocycles. The highest BCUT2D eigenvalue weighted by Gasteiger charge is 2.25. The van der Waals surface area contributed by atoms with Crippen molar-refractivity contribution in [2.75, 3.05) is 12.3 Å². The summed E-state index contributed by atoms with van der Waals surface area (Å²) in [4.78, 5) is 28.1. The lowest BCUT2D eigenvalue weighted by atomic mass is 10.1. The van der Waals surface area contributed by atoms with Gasteiger partial charge in [0.25, 0.3) is 0 Å². The zero-order chi connectivity index (χ0) is 21.2. The lowest BCUT2D eigenvalue weighted by Gasteiger charge is -2.29. The summed E-state index contributed by atoms with van der Waals surface area (Å²) in [6, 6.07) is 15.2. The van der Waals surface area contributed by atoms with Gasteiger partial charge in [0.05, 0.1) is 0 Å². The first-order valence-corrected chi connectivity index (χ1v) is 11.3. The number of nitrogens with one attached hydrogen (secondary N) is 1. The molecule has 0 aliphatic rings. The third-order valence-electron chi connectivity index (χ3n) is 4.57. The third kappa shape index (κ3) is 7.75. The number of nitrogens with zero attached hydrogens (tertiary/aromatic N) is 1. The Morgan fingerprint density at radius 3 is 2.55 bits per heavy atom. The molecule has 2 aromatic carbocycles. The van der Waals surface area contributed by atoms with Crippen molar-refractivity contribution in [2.45, 2.75) is 51.1 Å². The molecular formula is C23H29ClN2O2S. The summed E-state index contributed by atoms with van der Waals surface area (Å²) in [6.45, 7) is 6.68. The van der Waals surface area contributed by atoms with E-state index in [1.54, 1.807) is 23.6 Å². The summed E-state index contributed by atoms with van der Waals surface area (Å²) in [5, 5.41) is 3.54. The molecule has 2 amide bonds. The number of thioether (sulfide) groups is 1. The van der Waals surface area contributed by atoms with Gasteiger partial charge in [-0.25, -0.2) is 0 Å². The summed E-state index contributed by atoms with van der Waals surface area (Å²) < 4.78 is 0. The fourth-order valence-corrected chi connectivity index (χ4v) is 3.98. The van der Waals surface area contributed by atoms with Crippen LogP contribution in [0, 0.1) is 6.92 Å². The predicted molar refractivity (Wildman–Crippen MR) is 121 cm³/mol. The summed E-state index contributed by atoms with van der Waals surface area (Å²) in [6.07, 6.45) is 1.16. The topological polar surface area (TPSA) is 49.4 Å². The number of rotatable bonds is 10. The highest BCUT2D eigenvalue weighted by molar-refractivity contribution is 7.99. The molecule has 0 heterocycles. The molecule has 0 bridgehead atoms. The Labute approximate surface area is 183 Å². The van der Waals surface area contributed by atoms with Crippen LogP contribution in [0.1, 0.15) is 37.8 Å². The van der Waals surface area contributed by atoms with Crippen molar-refractivity contribution in [1.29, 1.82) is 0 Å². The average molecular weight is 433 g/mol. The average Bonchev–Trinajstić information content (AvgIpc) is 2.70. The van der Waals surface area contributed by atoms with Crippen molar-refractivity contribution in [1.82, 2.24) is 10.2 Å². The van der Waals surface area contributed by atoms with Crippen LogP contribution in [0.4, 0.5) is 0 Å². The van der Waals surface area contributed by atoms with E-state index in [1.807, 2.05) is 56.3 Å². The summed E-state index contributed by atoms with van der Waals surface area (Å²) in [7, 11) is 0. The largest absolute Gasteiger partial charge is 0.355 e. The van der Waals surface area contributed by atoms with E-state index >= 15 is 0 Å². The van der Waals surface area contributed by atoms with E-state index in [0.29, 0.717) is 19.5 Å². The molecule has 0 aliphatic carbocycles. The SMILES string of the molecule is CCNC(=O)C(C)N(Cc1cccc(C)c1)C(=O)CCCSc1ccc(Cl)cc1. The monoisotopic (exact) mass is 432 g/mol. The maximum Gasteiger partial charge on any atom is 0.242 e. The van der Waals surface area contributed by atoms with E-state index in [2.05, 4.69) is 11.4 Å². The summed E-state index contributed by atoms with van der Waals surface area (Å²) in [5.74, 6) is 0.715. The number of halogens is 1. The van der Waals surface area contributed by atoms with E-state index in [0.717, 1.165) is 33.2 Å². The Balaban J connectivity index is 1.97. The van der Waals surface area contributed by atoms with Gasteiger partial charge in [-0.2, -0.15) is 0 Å². The van der Waals surface area contributed by atoms with Crippen molar-refractivity contribution in [3.8, 4) is 0 Å². The molecule has 0 aliphatic heterocycles. The van der Waals surface area contributed by atoms with Crippen LogP contribution in [-0.4, -0.2) is 35.1 Å². The highest BCUT2D eigenvalue weighted by atomic mass is 35.5. The lowest BCUT2D eigenvalue weighted by molar-refractivity contribution is -0.140. The zero-order valence-corrected chi connectivity index (χ0v) is 18.9. The second kappa shape index (κ2) is 11.9. The molecule has 0 saturated carbocycles. The smallest absolute Gasteiger partial charge is 0.242 e. The van der Waals surface area contributed by atoms with E-state index in [9.17, 15) is 9.59 Å². The van der Waals surface area contributed by atoms with Gasteiger partial charge in [0.1, 0.15) is 6.04 Å². The van der Waals surface area contributed by atoms with E-state index in [-0.39, 0.29) is 11.8 Å². The molecule has 4 nitrogen and oxygen atoms in total. The van der Waals surface area contributed by atoms with Gasteiger partial charge in [-0.1, -0.05) is 41.4 Å². The minimum Gasteiger partial charge on any atom is -0.355 e. The van der Waals surface area contributed by atoms with Crippen LogP contribution in [0.15, 0.2) is 53.4 Å². The Kier molecular flexibility index (Phi) is 9.55. The van der Waals surface area contributed by atoms with Crippen molar-refractivity contribution in [3.05, 3.63) is 64.7 Å². The van der Waals surface area contributed by atoms with Gasteiger partial charge >= 0.3 is 0 Å². The fraction of sp³-hybridized carbons (Fsp3) is 0.391. The fourth-order valence-electron chi connectivity index (χ4n) is 3.00. The molecular weight excluding hydrogens is 404 g/mol. The van der Waals surface area contributed by atoms with Gasteiger partial charge in [0.2, 0.25) is 11.8 Å². The highest BCUT2D eigenvalue weighted by Crippen LogP contribution is 2.22. The van der Waals surface area contributed by atoms with Crippen molar-refractivity contribution >= 4 is 35.2 Å². The standard InChI is InChI=1S/C23H29ClN2O2S/c1-4-25-23(28)18(3)26(16-19-8-5-7-17(2)15-19)22(27)9-6-14-29-21-12-10-20(24)11-13-21/h5,7-8,10-13,15,18H,4,6,9,14,16H2,1-3H3,(H,25,28). The number of benzene rings is 2. The molecule has 1 N–H and O–H groups in total. The molecule has 0 saturated heterocycles. The van der Waals surface area contributed by atoms with E-state index < -0.39 is 6.04 Å². The number of likely N-dealkylation sites (N-methyl/N-ethyl adjacent to an activating group) is 1. The van der Waals surface area contributed by atoms with Crippen LogP contribution < -0.4 is 5.32 Å². The molecule has 1 unspecified atom stereocenters. The van der Waals surface area contributed by atoms with Crippen molar-refractivity contribution in [3.63, 3.8) is 0 Å². The second-order valence-electron chi connectivity index (χ2n) is 6.99. The van der Waals surface area contributed by atoms with Crippen LogP contribution in [0.2, 0.25) is 5.02 Å². The molecule has 29 heavy (non-hydrogen) atoms. The van der Waals surface area contributed by atoms with Crippen LogP contribution in [-0.2, 0) is 16.1 Å². The van der Waals surface area contributed by atoms with Gasteiger partial charge in [0, 0.05) is 29.4 Å². The Hall–Kier alpha value is -1.98. The molecule has 6 heteroatoms. The van der Waals surface area contributed by atoms with Crippen LogP contribution in [0.3, 0.4) is 0 Å². The molecule has 0 spiro atoms. The van der Waals surface area contributed by atoms with Gasteiger partial charge in [-0.05, 0) is 62.8 Å². The first-order chi connectivity index (χ1) is 13.9. The molecule has 0 radical (unpaired) electrons. The van der Waals surface area contributed by atoms with Gasteiger partial charge in [0.15, 0.2) is 0 Å². The molecule has 2 aromatic rings. The van der Waals surface area contributed by atoms with Gasteiger partial charge < -0.3 is 10.2 Å². The first kappa shape index (κ1) is 23.3. The molecule has 0 fully saturated rings. The lowest BCUT2D eigenvalue weighted by Crippen LogP contribution is -2.47. The van der Waals surface area contributed by atoms with E-state index in [4.69, 9.17) is 11.6 Å². The number of carbonyl (C=O) groups excluding carboxylic acids is 2. The Bertz CT molecular complexity index is 811. The quantitative estimate of drug-likeness (QED) is 0.421. The summed E-state index contributed by atoms with van der Waals surface area (Å²) >= 11 is 7.61. The number of aryl methyl sites for hydroxylation is 1. The Morgan fingerprint density at radius 1 is 1.17 bits per heavy atom. The third-order valence-corrected chi connectivity index (χ3v) is 5.92. The van der Waals surface area contributed by atoms with Crippen molar-refractivity contribution in [2.24, 2.45) is 0 Å². The second-order valence-corrected chi connectivity index (χ2v) is 8.59. The minimum absolute atomic E-state index is 0.00182. The minimum atomic E-state index is -0.508. The number of hydrogen-bond acceptors (Lipinski definition) is 3. The van der Waals surface area contributed by atoms with Crippen LogP contribution >= 0.6 is 23.4 Å². The molecule has 1 atom stereocenters. The first-order valence-electron chi connectivity index (χ1n) is 9.91. The number of carbonyl (C=O) groups is 2. The van der Waals surface area contributed by atoms with Crippen LogP contribution in [0.5, 0.6) is 0 Å².